The molecule has 0 bridgehead atoms. The molecular weight excluding hydrogens is 446 g/mol. The highest BCUT2D eigenvalue weighted by Crippen LogP contribution is 2.38. The van der Waals surface area contributed by atoms with Crippen LogP contribution in [-0.4, -0.2) is 33.7 Å². The van der Waals surface area contributed by atoms with Gasteiger partial charge < -0.3 is 19.4 Å². The van der Waals surface area contributed by atoms with Gasteiger partial charge >= 0.3 is 0 Å². The Labute approximate surface area is 202 Å². The number of para-hydroxylation sites is 2. The third-order valence-corrected chi connectivity index (χ3v) is 6.93. The van der Waals surface area contributed by atoms with Crippen molar-refractivity contribution in [3.05, 3.63) is 89.6 Å². The number of aryl methyl sites for hydroxylation is 1. The summed E-state index contributed by atoms with van der Waals surface area (Å²) in [6.07, 6.45) is 2.53. The van der Waals surface area contributed by atoms with Crippen LogP contribution in [0.3, 0.4) is 0 Å². The number of nitrogens with zero attached hydrogens (tertiary/aromatic N) is 2. The van der Waals surface area contributed by atoms with E-state index in [1.807, 2.05) is 78.7 Å². The van der Waals surface area contributed by atoms with Crippen LogP contribution in [0.5, 0.6) is 11.5 Å². The number of carbonyl (C=O) groups excluding carboxylic acids is 1. The van der Waals surface area contributed by atoms with Crippen LogP contribution in [0.2, 0.25) is 0 Å². The van der Waals surface area contributed by atoms with E-state index in [9.17, 15) is 4.79 Å². The van der Waals surface area contributed by atoms with Gasteiger partial charge in [0, 0.05) is 35.6 Å². The van der Waals surface area contributed by atoms with Crippen molar-refractivity contribution in [2.75, 3.05) is 11.7 Å². The van der Waals surface area contributed by atoms with Crippen LogP contribution in [-0.2, 0) is 17.8 Å². The predicted octanol–water partition coefficient (Wildman–Crippen LogP) is 4.95. The Balaban J connectivity index is 1.39. The zero-order chi connectivity index (χ0) is 23.2. The topological polar surface area (TPSA) is 57.8 Å². The standard InChI is InChI=1S/C27H23N3O3S/c1-17-9-11-20(12-10-17)30-26(31)23(13-19-14-28-22-7-3-2-6-21(19)22)29(27(30)34)15-18-5-4-8-24-25(18)33-16-32-24/h2-12,14,23,28H,13,15-16H2,1H3. The number of fused-ring (bicyclic) bond motifs is 2. The molecule has 2 aliphatic rings. The van der Waals surface area contributed by atoms with Crippen molar-refractivity contribution >= 4 is 39.8 Å². The van der Waals surface area contributed by atoms with Crippen molar-refractivity contribution in [2.45, 2.75) is 25.9 Å². The van der Waals surface area contributed by atoms with E-state index in [0.717, 1.165) is 44.8 Å². The van der Waals surface area contributed by atoms with Crippen LogP contribution in [0.15, 0.2) is 72.9 Å². The summed E-state index contributed by atoms with van der Waals surface area (Å²) in [6.45, 7) is 2.68. The second-order valence-electron chi connectivity index (χ2n) is 8.65. The maximum Gasteiger partial charge on any atom is 0.256 e. The summed E-state index contributed by atoms with van der Waals surface area (Å²) in [6, 6.07) is 21.4. The van der Waals surface area contributed by atoms with Crippen molar-refractivity contribution in [1.82, 2.24) is 9.88 Å². The lowest BCUT2D eigenvalue weighted by atomic mass is 10.0. The molecule has 4 aromatic rings. The van der Waals surface area contributed by atoms with Gasteiger partial charge in [-0.15, -0.1) is 0 Å². The Morgan fingerprint density at radius 2 is 1.82 bits per heavy atom. The van der Waals surface area contributed by atoms with Crippen molar-refractivity contribution in [2.24, 2.45) is 0 Å². The lowest BCUT2D eigenvalue weighted by Crippen LogP contribution is -2.36. The first-order chi connectivity index (χ1) is 16.6. The first-order valence-corrected chi connectivity index (χ1v) is 11.6. The zero-order valence-electron chi connectivity index (χ0n) is 18.7. The molecule has 0 aliphatic carbocycles. The maximum absolute atomic E-state index is 13.8. The summed E-state index contributed by atoms with van der Waals surface area (Å²) in [5, 5.41) is 1.61. The monoisotopic (exact) mass is 469 g/mol. The molecule has 2 aliphatic heterocycles. The number of ether oxygens (including phenoxy) is 2. The molecule has 6 nitrogen and oxygen atoms in total. The number of carbonyl (C=O) groups is 1. The van der Waals surface area contributed by atoms with E-state index in [-0.39, 0.29) is 12.7 Å². The summed E-state index contributed by atoms with van der Waals surface area (Å²) in [7, 11) is 0. The minimum atomic E-state index is -0.439. The highest BCUT2D eigenvalue weighted by molar-refractivity contribution is 7.80. The quantitative estimate of drug-likeness (QED) is 0.419. The molecule has 1 aromatic heterocycles. The van der Waals surface area contributed by atoms with Crippen LogP contribution in [0.25, 0.3) is 10.9 Å². The van der Waals surface area contributed by atoms with Crippen LogP contribution in [0.4, 0.5) is 5.69 Å². The molecule has 3 aromatic carbocycles. The summed E-state index contributed by atoms with van der Waals surface area (Å²) in [5.41, 5.74) is 5.00. The van der Waals surface area contributed by atoms with Crippen LogP contribution in [0.1, 0.15) is 16.7 Å². The van der Waals surface area contributed by atoms with Gasteiger partial charge in [-0.1, -0.05) is 48.0 Å². The molecule has 1 fully saturated rings. The Bertz CT molecular complexity index is 1410. The normalized spacial score (nSPS) is 17.3. The minimum absolute atomic E-state index is 0.0242. The number of nitrogens with one attached hydrogen (secondary N) is 1. The van der Waals surface area contributed by atoms with Crippen molar-refractivity contribution in [1.29, 1.82) is 0 Å². The number of rotatable bonds is 5. The summed E-state index contributed by atoms with van der Waals surface area (Å²) >= 11 is 5.90. The Hall–Kier alpha value is -3.84. The fourth-order valence-electron chi connectivity index (χ4n) is 4.75. The number of hydrogen-bond acceptors (Lipinski definition) is 4. The lowest BCUT2D eigenvalue weighted by molar-refractivity contribution is -0.119. The van der Waals surface area contributed by atoms with Gasteiger partial charge in [-0.3, -0.25) is 9.69 Å². The number of aromatic amines is 1. The molecule has 3 heterocycles. The van der Waals surface area contributed by atoms with Gasteiger partial charge in [-0.25, -0.2) is 0 Å². The summed E-state index contributed by atoms with van der Waals surface area (Å²) in [5.74, 6) is 1.42. The van der Waals surface area contributed by atoms with Gasteiger partial charge in [0.05, 0.1) is 5.69 Å². The van der Waals surface area contributed by atoms with Gasteiger partial charge in [0.2, 0.25) is 6.79 Å². The molecule has 0 radical (unpaired) electrons. The van der Waals surface area contributed by atoms with Gasteiger partial charge in [-0.2, -0.15) is 0 Å². The summed E-state index contributed by atoms with van der Waals surface area (Å²) < 4.78 is 11.3. The van der Waals surface area contributed by atoms with E-state index in [1.54, 1.807) is 4.90 Å². The van der Waals surface area contributed by atoms with Gasteiger partial charge in [0.1, 0.15) is 6.04 Å². The molecule has 1 saturated heterocycles. The van der Waals surface area contributed by atoms with E-state index in [0.29, 0.717) is 18.1 Å². The van der Waals surface area contributed by atoms with Gasteiger partial charge in [-0.05, 0) is 49.0 Å². The summed E-state index contributed by atoms with van der Waals surface area (Å²) in [4.78, 5) is 20.8. The fourth-order valence-corrected chi connectivity index (χ4v) is 5.14. The highest BCUT2D eigenvalue weighted by Gasteiger charge is 2.43. The number of H-pyrrole nitrogens is 1. The molecule has 0 spiro atoms. The average Bonchev–Trinajstić information content (AvgIpc) is 3.54. The number of benzene rings is 3. The first kappa shape index (κ1) is 20.7. The van der Waals surface area contributed by atoms with E-state index in [4.69, 9.17) is 21.7 Å². The van der Waals surface area contributed by atoms with Crippen LogP contribution >= 0.6 is 12.2 Å². The predicted molar refractivity (Wildman–Crippen MR) is 135 cm³/mol. The average molecular weight is 470 g/mol. The van der Waals surface area contributed by atoms with Gasteiger partial charge in [0.15, 0.2) is 16.6 Å². The first-order valence-electron chi connectivity index (χ1n) is 11.2. The van der Waals surface area contributed by atoms with Crippen molar-refractivity contribution < 1.29 is 14.3 Å². The molecule has 6 rings (SSSR count). The molecule has 34 heavy (non-hydrogen) atoms. The molecule has 1 amide bonds. The van der Waals surface area contributed by atoms with Crippen LogP contribution < -0.4 is 14.4 Å². The number of thiocarbonyl (C=S) groups is 1. The number of anilines is 1. The largest absolute Gasteiger partial charge is 0.454 e. The number of hydrogen-bond donors (Lipinski definition) is 1. The second-order valence-corrected chi connectivity index (χ2v) is 9.02. The number of amides is 1. The van der Waals surface area contributed by atoms with E-state index in [2.05, 4.69) is 11.1 Å². The third-order valence-electron chi connectivity index (χ3n) is 6.52. The smallest absolute Gasteiger partial charge is 0.256 e. The lowest BCUT2D eigenvalue weighted by Gasteiger charge is -2.24. The van der Waals surface area contributed by atoms with E-state index < -0.39 is 6.04 Å². The molecule has 1 atom stereocenters. The van der Waals surface area contributed by atoms with E-state index >= 15 is 0 Å². The van der Waals surface area contributed by atoms with Crippen LogP contribution in [0, 0.1) is 6.92 Å². The zero-order valence-corrected chi connectivity index (χ0v) is 19.5. The Morgan fingerprint density at radius 3 is 2.68 bits per heavy atom. The highest BCUT2D eigenvalue weighted by atomic mass is 32.1. The molecule has 170 valence electrons. The molecule has 1 unspecified atom stereocenters. The second kappa shape index (κ2) is 8.18. The van der Waals surface area contributed by atoms with E-state index in [1.165, 1.54) is 0 Å². The SMILES string of the molecule is Cc1ccc(N2C(=O)C(Cc3c[nH]c4ccccc34)N(Cc3cccc4c3OCO4)C2=S)cc1. The minimum Gasteiger partial charge on any atom is -0.454 e. The molecule has 0 saturated carbocycles. The van der Waals surface area contributed by atoms with Crippen molar-refractivity contribution in [3.63, 3.8) is 0 Å². The fraction of sp³-hybridized carbons (Fsp3) is 0.185. The third kappa shape index (κ3) is 3.40. The Morgan fingerprint density at radius 1 is 1.00 bits per heavy atom. The molecular formula is C27H23N3O3S. The molecule has 1 N–H and O–H groups in total. The number of aromatic nitrogens is 1. The van der Waals surface area contributed by atoms with Gasteiger partial charge in [0.25, 0.3) is 5.91 Å². The van der Waals surface area contributed by atoms with Crippen molar-refractivity contribution in [3.8, 4) is 11.5 Å². The maximum atomic E-state index is 13.8. The molecule has 7 heteroatoms. The Kier molecular flexibility index (Phi) is 4.99.